The Bertz CT molecular complexity index is 350. The molecular weight excluding hydrogens is 243 g/mol. The van der Waals surface area contributed by atoms with Gasteiger partial charge in [-0.15, -0.1) is 0 Å². The van der Waals surface area contributed by atoms with Gasteiger partial charge in [-0.3, -0.25) is 0 Å². The van der Waals surface area contributed by atoms with E-state index in [1.165, 1.54) is 12.8 Å². The lowest BCUT2D eigenvalue weighted by molar-refractivity contribution is 0.707. The number of hydrogen-bond donors (Lipinski definition) is 0. The van der Waals surface area contributed by atoms with E-state index < -0.39 is 0 Å². The third-order valence-electron chi connectivity index (χ3n) is 3.14. The molecule has 0 spiro atoms. The molecule has 0 amide bonds. The van der Waals surface area contributed by atoms with Gasteiger partial charge >= 0.3 is 0 Å². The van der Waals surface area contributed by atoms with Gasteiger partial charge in [0.05, 0.1) is 0 Å². The number of aryl methyl sites for hydroxylation is 1. The Kier molecular flexibility index (Phi) is 4.04. The maximum Gasteiger partial charge on any atom is 0.137 e. The van der Waals surface area contributed by atoms with Gasteiger partial charge < -0.3 is 0 Å². The molecule has 1 aliphatic carbocycles. The summed E-state index contributed by atoms with van der Waals surface area (Å²) in [6.07, 6.45) is 6.69. The summed E-state index contributed by atoms with van der Waals surface area (Å²) in [7, 11) is 0. The van der Waals surface area contributed by atoms with Gasteiger partial charge in [0.25, 0.3) is 0 Å². The van der Waals surface area contributed by atoms with Crippen molar-refractivity contribution < 1.29 is 0 Å². The minimum Gasteiger partial charge on any atom is -0.221 e. The summed E-state index contributed by atoms with van der Waals surface area (Å²) in [5.74, 6) is 1.23. The van der Waals surface area contributed by atoms with Gasteiger partial charge in [-0.25, -0.2) is 9.97 Å². The van der Waals surface area contributed by atoms with E-state index in [-0.39, 0.29) is 0 Å². The predicted octanol–water partition coefficient (Wildman–Crippen LogP) is 4.39. The second-order valence-corrected chi connectivity index (χ2v) is 5.08. The highest BCUT2D eigenvalue weighted by Gasteiger charge is 2.24. The van der Waals surface area contributed by atoms with Gasteiger partial charge in [-0.2, -0.15) is 0 Å². The molecule has 2 nitrogen and oxygen atoms in total. The van der Waals surface area contributed by atoms with E-state index in [1.807, 2.05) is 0 Å². The molecule has 1 aromatic rings. The summed E-state index contributed by atoms with van der Waals surface area (Å²) in [6, 6.07) is 0. The van der Waals surface area contributed by atoms with E-state index in [2.05, 4.69) is 16.9 Å². The van der Waals surface area contributed by atoms with Gasteiger partial charge in [0.15, 0.2) is 0 Å². The van der Waals surface area contributed by atoms with E-state index in [4.69, 9.17) is 23.2 Å². The fraction of sp³-hybridized carbons (Fsp3) is 0.667. The van der Waals surface area contributed by atoms with Crippen LogP contribution in [0, 0.1) is 0 Å². The van der Waals surface area contributed by atoms with E-state index >= 15 is 0 Å². The van der Waals surface area contributed by atoms with Crippen LogP contribution < -0.4 is 0 Å². The van der Waals surface area contributed by atoms with Crippen molar-refractivity contribution in [3.8, 4) is 0 Å². The Morgan fingerprint density at radius 1 is 1.12 bits per heavy atom. The van der Waals surface area contributed by atoms with Gasteiger partial charge in [-0.1, -0.05) is 43.0 Å². The average Bonchev–Trinajstić information content (AvgIpc) is 2.70. The Morgan fingerprint density at radius 3 is 2.19 bits per heavy atom. The van der Waals surface area contributed by atoms with Crippen LogP contribution in [0.15, 0.2) is 0 Å². The molecule has 1 aliphatic rings. The molecule has 2 rings (SSSR count). The molecule has 0 saturated heterocycles. The van der Waals surface area contributed by atoms with Crippen molar-refractivity contribution in [2.75, 3.05) is 0 Å². The minimum atomic E-state index is 0.468. The van der Waals surface area contributed by atoms with Crippen LogP contribution in [-0.4, -0.2) is 9.97 Å². The Hall–Kier alpha value is -0.340. The van der Waals surface area contributed by atoms with Crippen molar-refractivity contribution >= 4 is 23.2 Å². The lowest BCUT2D eigenvalue weighted by atomic mass is 10.0. The smallest absolute Gasteiger partial charge is 0.137 e. The summed E-state index contributed by atoms with van der Waals surface area (Å²) in [5.41, 5.74) is 0.973. The largest absolute Gasteiger partial charge is 0.221 e. The first-order valence-electron chi connectivity index (χ1n) is 5.94. The molecule has 4 heteroatoms. The van der Waals surface area contributed by atoms with E-state index in [0.29, 0.717) is 16.2 Å². The van der Waals surface area contributed by atoms with Crippen LogP contribution in [0.1, 0.15) is 56.3 Å². The van der Waals surface area contributed by atoms with Gasteiger partial charge in [-0.05, 0) is 25.2 Å². The Balaban J connectivity index is 2.31. The zero-order valence-electron chi connectivity index (χ0n) is 9.47. The van der Waals surface area contributed by atoms with Crippen LogP contribution in [0.5, 0.6) is 0 Å². The molecule has 88 valence electrons. The summed E-state index contributed by atoms with van der Waals surface area (Å²) in [6.45, 7) is 2.09. The van der Waals surface area contributed by atoms with Crippen molar-refractivity contribution in [3.05, 3.63) is 21.7 Å². The highest BCUT2D eigenvalue weighted by Crippen LogP contribution is 2.39. The lowest BCUT2D eigenvalue weighted by Crippen LogP contribution is -2.03. The predicted molar refractivity (Wildman–Crippen MR) is 67.3 cm³/mol. The van der Waals surface area contributed by atoms with Gasteiger partial charge in [0.1, 0.15) is 16.1 Å². The van der Waals surface area contributed by atoms with Crippen molar-refractivity contribution in [3.63, 3.8) is 0 Å². The van der Waals surface area contributed by atoms with E-state index in [9.17, 15) is 0 Å². The highest BCUT2D eigenvalue weighted by molar-refractivity contribution is 6.34. The number of halogens is 2. The van der Waals surface area contributed by atoms with E-state index in [0.717, 1.165) is 37.1 Å². The van der Waals surface area contributed by atoms with E-state index in [1.54, 1.807) is 0 Å². The molecule has 1 aromatic heterocycles. The molecular formula is C12H16Cl2N2. The molecule has 16 heavy (non-hydrogen) atoms. The number of hydrogen-bond acceptors (Lipinski definition) is 2. The summed E-state index contributed by atoms with van der Waals surface area (Å²) >= 11 is 12.4. The number of aromatic nitrogens is 2. The SMILES string of the molecule is CCCc1nc(Cl)c(C2CCCC2)c(Cl)n1. The summed E-state index contributed by atoms with van der Waals surface area (Å²) in [5, 5.41) is 1.13. The number of rotatable bonds is 3. The topological polar surface area (TPSA) is 25.8 Å². The zero-order valence-corrected chi connectivity index (χ0v) is 11.0. The molecule has 0 radical (unpaired) electrons. The van der Waals surface area contributed by atoms with Crippen molar-refractivity contribution in [2.45, 2.75) is 51.4 Å². The molecule has 0 unspecified atom stereocenters. The molecule has 0 atom stereocenters. The molecule has 0 N–H and O–H groups in total. The molecule has 1 saturated carbocycles. The zero-order chi connectivity index (χ0) is 11.5. The first-order valence-corrected chi connectivity index (χ1v) is 6.69. The Labute approximate surface area is 106 Å². The fourth-order valence-electron chi connectivity index (χ4n) is 2.34. The molecule has 0 bridgehead atoms. The minimum absolute atomic E-state index is 0.468. The third kappa shape index (κ3) is 2.49. The monoisotopic (exact) mass is 258 g/mol. The molecule has 0 aromatic carbocycles. The summed E-state index contributed by atoms with van der Waals surface area (Å²) in [4.78, 5) is 8.68. The van der Waals surface area contributed by atoms with Crippen LogP contribution in [-0.2, 0) is 6.42 Å². The highest BCUT2D eigenvalue weighted by atomic mass is 35.5. The summed E-state index contributed by atoms with van der Waals surface area (Å²) < 4.78 is 0. The van der Waals surface area contributed by atoms with Gasteiger partial charge in [0, 0.05) is 12.0 Å². The van der Waals surface area contributed by atoms with Crippen LogP contribution >= 0.6 is 23.2 Å². The maximum atomic E-state index is 6.21. The van der Waals surface area contributed by atoms with Crippen LogP contribution in [0.4, 0.5) is 0 Å². The standard InChI is InChI=1S/C12H16Cl2N2/c1-2-5-9-15-11(13)10(12(14)16-9)8-6-3-4-7-8/h8H,2-7H2,1H3. The second kappa shape index (κ2) is 5.33. The Morgan fingerprint density at radius 2 is 1.69 bits per heavy atom. The first-order chi connectivity index (χ1) is 7.72. The lowest BCUT2D eigenvalue weighted by Gasteiger charge is -2.13. The van der Waals surface area contributed by atoms with Crippen LogP contribution in [0.25, 0.3) is 0 Å². The first kappa shape index (κ1) is 12.1. The van der Waals surface area contributed by atoms with Crippen LogP contribution in [0.2, 0.25) is 10.3 Å². The van der Waals surface area contributed by atoms with Crippen molar-refractivity contribution in [1.29, 1.82) is 0 Å². The maximum absolute atomic E-state index is 6.21. The van der Waals surface area contributed by atoms with Crippen molar-refractivity contribution in [2.24, 2.45) is 0 Å². The normalized spacial score (nSPS) is 16.9. The molecule has 1 heterocycles. The third-order valence-corrected chi connectivity index (χ3v) is 3.71. The second-order valence-electron chi connectivity index (χ2n) is 4.37. The fourth-order valence-corrected chi connectivity index (χ4v) is 3.08. The number of nitrogens with zero attached hydrogens (tertiary/aromatic N) is 2. The van der Waals surface area contributed by atoms with Gasteiger partial charge in [0.2, 0.25) is 0 Å². The average molecular weight is 259 g/mol. The quantitative estimate of drug-likeness (QED) is 0.752. The van der Waals surface area contributed by atoms with Crippen LogP contribution in [0.3, 0.4) is 0 Å². The molecule has 0 aliphatic heterocycles. The molecule has 1 fully saturated rings. The van der Waals surface area contributed by atoms with Crippen molar-refractivity contribution in [1.82, 2.24) is 9.97 Å².